The molecule has 1 saturated heterocycles. The minimum absolute atomic E-state index is 0.0206. The molecule has 0 saturated carbocycles. The van der Waals surface area contributed by atoms with Crippen molar-refractivity contribution in [3.63, 3.8) is 0 Å². The molecule has 0 bridgehead atoms. The molecule has 1 fully saturated rings. The van der Waals surface area contributed by atoms with Gasteiger partial charge in [-0.3, -0.25) is 0 Å². The highest BCUT2D eigenvalue weighted by Gasteiger charge is 2.33. The number of aromatic carboxylic acids is 1. The van der Waals surface area contributed by atoms with E-state index < -0.39 is 16.0 Å². The summed E-state index contributed by atoms with van der Waals surface area (Å²) in [6, 6.07) is 15.4. The van der Waals surface area contributed by atoms with E-state index in [1.807, 2.05) is 30.3 Å². The third kappa shape index (κ3) is 4.21. The minimum atomic E-state index is -3.71. The number of ether oxygens (including phenoxy) is 1. The maximum Gasteiger partial charge on any atom is 0.335 e. The normalized spacial score (nSPS) is 17.5. The topological polar surface area (TPSA) is 83.9 Å². The van der Waals surface area contributed by atoms with Gasteiger partial charge in [-0.15, -0.1) is 0 Å². The number of benzene rings is 2. The first kappa shape index (κ1) is 19.5. The summed E-state index contributed by atoms with van der Waals surface area (Å²) >= 11 is 0. The largest absolute Gasteiger partial charge is 0.478 e. The monoisotopic (exact) mass is 389 g/mol. The van der Waals surface area contributed by atoms with Crippen LogP contribution >= 0.6 is 0 Å². The summed E-state index contributed by atoms with van der Waals surface area (Å²) in [5.41, 5.74) is 1.06. The summed E-state index contributed by atoms with van der Waals surface area (Å²) in [5.74, 6) is -0.911. The molecule has 0 aliphatic carbocycles. The van der Waals surface area contributed by atoms with Crippen molar-refractivity contribution in [2.45, 2.75) is 23.8 Å². The zero-order valence-electron chi connectivity index (χ0n) is 15.1. The molecule has 0 aromatic heterocycles. The zero-order valence-corrected chi connectivity index (χ0v) is 15.9. The molecule has 2 aromatic rings. The van der Waals surface area contributed by atoms with Crippen molar-refractivity contribution >= 4 is 16.0 Å². The summed E-state index contributed by atoms with van der Waals surface area (Å²) < 4.78 is 32.9. The SMILES string of the molecule is COC(c1ccccc1)C1CCN(S(=O)(=O)c2cccc(C(=O)O)c2)CC1. The molecule has 144 valence electrons. The smallest absolute Gasteiger partial charge is 0.335 e. The molecule has 1 heterocycles. The molecule has 2 aromatic carbocycles. The van der Waals surface area contributed by atoms with Crippen LogP contribution in [-0.4, -0.2) is 44.0 Å². The molecule has 0 radical (unpaired) electrons. The minimum Gasteiger partial charge on any atom is -0.478 e. The van der Waals surface area contributed by atoms with E-state index in [0.29, 0.717) is 25.9 Å². The van der Waals surface area contributed by atoms with E-state index in [9.17, 15) is 13.2 Å². The van der Waals surface area contributed by atoms with Crippen LogP contribution in [0.25, 0.3) is 0 Å². The van der Waals surface area contributed by atoms with Gasteiger partial charge >= 0.3 is 5.97 Å². The quantitative estimate of drug-likeness (QED) is 0.820. The fraction of sp³-hybridized carbons (Fsp3) is 0.350. The molecule has 1 N–H and O–H groups in total. The number of carboxylic acids is 1. The number of sulfonamides is 1. The lowest BCUT2D eigenvalue weighted by Crippen LogP contribution is -2.40. The highest BCUT2D eigenvalue weighted by Crippen LogP contribution is 2.34. The summed E-state index contributed by atoms with van der Waals surface area (Å²) in [7, 11) is -2.03. The van der Waals surface area contributed by atoms with E-state index in [1.54, 1.807) is 7.11 Å². The lowest BCUT2D eigenvalue weighted by atomic mass is 9.88. The van der Waals surface area contributed by atoms with E-state index >= 15 is 0 Å². The molecule has 1 unspecified atom stereocenters. The van der Waals surface area contributed by atoms with Crippen molar-refractivity contribution in [3.05, 3.63) is 65.7 Å². The van der Waals surface area contributed by atoms with Gasteiger partial charge in [-0.1, -0.05) is 36.4 Å². The van der Waals surface area contributed by atoms with Crippen molar-refractivity contribution in [1.82, 2.24) is 4.31 Å². The standard InChI is InChI=1S/C20H23NO5S/c1-26-19(15-6-3-2-4-7-15)16-10-12-21(13-11-16)27(24,25)18-9-5-8-17(14-18)20(22)23/h2-9,14,16,19H,10-13H2,1H3,(H,22,23). The van der Waals surface area contributed by atoms with E-state index in [4.69, 9.17) is 9.84 Å². The number of piperidine rings is 1. The number of carboxylic acid groups (broad SMARTS) is 1. The Kier molecular flexibility index (Phi) is 5.94. The van der Waals surface area contributed by atoms with Crippen molar-refractivity contribution in [3.8, 4) is 0 Å². The molecule has 1 atom stereocenters. The highest BCUT2D eigenvalue weighted by atomic mass is 32.2. The molecule has 27 heavy (non-hydrogen) atoms. The molecule has 6 nitrogen and oxygen atoms in total. The van der Waals surface area contributed by atoms with Crippen LogP contribution in [0.3, 0.4) is 0 Å². The molecule has 0 amide bonds. The second kappa shape index (κ2) is 8.21. The van der Waals surface area contributed by atoms with Gasteiger partial charge < -0.3 is 9.84 Å². The number of hydrogen-bond donors (Lipinski definition) is 1. The van der Waals surface area contributed by atoms with Crippen molar-refractivity contribution in [2.75, 3.05) is 20.2 Å². The number of rotatable bonds is 6. The Morgan fingerprint density at radius 3 is 2.37 bits per heavy atom. The third-order valence-electron chi connectivity index (χ3n) is 5.03. The van der Waals surface area contributed by atoms with E-state index in [-0.39, 0.29) is 22.5 Å². The Morgan fingerprint density at radius 1 is 1.11 bits per heavy atom. The van der Waals surface area contributed by atoms with E-state index in [2.05, 4.69) is 0 Å². The highest BCUT2D eigenvalue weighted by molar-refractivity contribution is 7.89. The van der Waals surface area contributed by atoms with Crippen LogP contribution in [0.1, 0.15) is 34.9 Å². The van der Waals surface area contributed by atoms with E-state index in [1.165, 1.54) is 28.6 Å². The Balaban J connectivity index is 1.73. The zero-order chi connectivity index (χ0) is 19.4. The molecule has 3 rings (SSSR count). The fourth-order valence-electron chi connectivity index (χ4n) is 3.60. The number of carbonyl (C=O) groups is 1. The van der Waals surface area contributed by atoms with Gasteiger partial charge in [-0.05, 0) is 42.5 Å². The van der Waals surface area contributed by atoms with Crippen LogP contribution in [-0.2, 0) is 14.8 Å². The van der Waals surface area contributed by atoms with Gasteiger partial charge in [0.05, 0.1) is 16.6 Å². The van der Waals surface area contributed by atoms with Gasteiger partial charge in [0.25, 0.3) is 0 Å². The lowest BCUT2D eigenvalue weighted by Gasteiger charge is -2.35. The molecule has 0 spiro atoms. The van der Waals surface area contributed by atoms with Gasteiger partial charge in [0.1, 0.15) is 0 Å². The average molecular weight is 389 g/mol. The molecular formula is C20H23NO5S. The summed E-state index contributed by atoms with van der Waals surface area (Å²) in [4.78, 5) is 11.1. The van der Waals surface area contributed by atoms with Crippen LogP contribution in [0.4, 0.5) is 0 Å². The first-order valence-corrected chi connectivity index (χ1v) is 10.3. The summed E-state index contributed by atoms with van der Waals surface area (Å²) in [6.07, 6.45) is 1.31. The Labute approximate surface area is 159 Å². The van der Waals surface area contributed by atoms with Gasteiger partial charge in [0.15, 0.2) is 0 Å². The van der Waals surface area contributed by atoms with Crippen molar-refractivity contribution in [1.29, 1.82) is 0 Å². The molecule has 1 aliphatic heterocycles. The Bertz CT molecular complexity index is 890. The first-order chi connectivity index (χ1) is 12.9. The molecule has 1 aliphatic rings. The van der Waals surface area contributed by atoms with Crippen molar-refractivity contribution in [2.24, 2.45) is 5.92 Å². The first-order valence-electron chi connectivity index (χ1n) is 8.84. The number of nitrogens with zero attached hydrogens (tertiary/aromatic N) is 1. The predicted octanol–water partition coefficient (Wildman–Crippen LogP) is 3.17. The summed E-state index contributed by atoms with van der Waals surface area (Å²) in [5, 5.41) is 9.09. The summed E-state index contributed by atoms with van der Waals surface area (Å²) in [6.45, 7) is 0.772. The third-order valence-corrected chi connectivity index (χ3v) is 6.92. The van der Waals surface area contributed by atoms with Crippen LogP contribution in [0.5, 0.6) is 0 Å². The maximum absolute atomic E-state index is 12.9. The van der Waals surface area contributed by atoms with Crippen LogP contribution in [0.2, 0.25) is 0 Å². The predicted molar refractivity (Wildman–Crippen MR) is 101 cm³/mol. The number of methoxy groups -OCH3 is 1. The van der Waals surface area contributed by atoms with Gasteiger partial charge in [-0.25, -0.2) is 13.2 Å². The lowest BCUT2D eigenvalue weighted by molar-refractivity contribution is 0.0303. The second-order valence-corrected chi connectivity index (χ2v) is 8.58. The van der Waals surface area contributed by atoms with Crippen molar-refractivity contribution < 1.29 is 23.1 Å². The second-order valence-electron chi connectivity index (χ2n) is 6.64. The van der Waals surface area contributed by atoms with Gasteiger partial charge in [0, 0.05) is 20.2 Å². The van der Waals surface area contributed by atoms with Crippen LogP contribution in [0, 0.1) is 5.92 Å². The Morgan fingerprint density at radius 2 is 1.78 bits per heavy atom. The average Bonchev–Trinajstić information content (AvgIpc) is 2.70. The fourth-order valence-corrected chi connectivity index (χ4v) is 5.12. The molecular weight excluding hydrogens is 366 g/mol. The Hall–Kier alpha value is -2.22. The number of hydrogen-bond acceptors (Lipinski definition) is 4. The van der Waals surface area contributed by atoms with Gasteiger partial charge in [-0.2, -0.15) is 4.31 Å². The van der Waals surface area contributed by atoms with Crippen LogP contribution < -0.4 is 0 Å². The van der Waals surface area contributed by atoms with E-state index in [0.717, 1.165) is 5.56 Å². The maximum atomic E-state index is 12.9. The van der Waals surface area contributed by atoms with Crippen LogP contribution in [0.15, 0.2) is 59.5 Å². The molecule has 7 heteroatoms. The van der Waals surface area contributed by atoms with Gasteiger partial charge in [0.2, 0.25) is 10.0 Å².